The first-order chi connectivity index (χ1) is 4.59. The zero-order valence-electron chi connectivity index (χ0n) is 5.83. The predicted octanol–water partition coefficient (Wildman–Crippen LogP) is 0.381. The summed E-state index contributed by atoms with van der Waals surface area (Å²) in [7, 11) is 0. The van der Waals surface area contributed by atoms with Crippen molar-refractivity contribution in [2.45, 2.75) is 13.8 Å². The number of carbonyl (C=O) groups is 2. The van der Waals surface area contributed by atoms with Gasteiger partial charge in [-0.2, -0.15) is 0 Å². The van der Waals surface area contributed by atoms with Gasteiger partial charge in [0.25, 0.3) is 5.91 Å². The molecule has 0 aromatic carbocycles. The molecule has 0 bridgehead atoms. The van der Waals surface area contributed by atoms with Crippen LogP contribution in [0.2, 0.25) is 0 Å². The van der Waals surface area contributed by atoms with Crippen LogP contribution in [0.3, 0.4) is 0 Å². The zero-order chi connectivity index (χ0) is 8.15. The van der Waals surface area contributed by atoms with E-state index in [4.69, 9.17) is 5.21 Å². The minimum absolute atomic E-state index is 0.0799. The number of hydrogen-bond donors (Lipinski definition) is 1. The smallest absolute Gasteiger partial charge is 0.441 e. The molecular formula is C5H9NO4. The molecule has 0 atom stereocenters. The van der Waals surface area contributed by atoms with Crippen molar-refractivity contribution in [2.75, 3.05) is 6.61 Å². The maximum absolute atomic E-state index is 10.4. The van der Waals surface area contributed by atoms with Gasteiger partial charge in [-0.3, -0.25) is 10.0 Å². The Balaban J connectivity index is 3.82. The van der Waals surface area contributed by atoms with Crippen molar-refractivity contribution < 1.29 is 19.5 Å². The van der Waals surface area contributed by atoms with Crippen LogP contribution in [0.5, 0.6) is 0 Å². The van der Waals surface area contributed by atoms with Gasteiger partial charge >= 0.3 is 6.09 Å². The number of amides is 2. The molecule has 0 fully saturated rings. The van der Waals surface area contributed by atoms with Crippen LogP contribution in [0, 0.1) is 0 Å². The predicted molar refractivity (Wildman–Crippen MR) is 31.3 cm³/mol. The van der Waals surface area contributed by atoms with E-state index in [-0.39, 0.29) is 11.7 Å². The van der Waals surface area contributed by atoms with Crippen molar-refractivity contribution in [1.29, 1.82) is 0 Å². The van der Waals surface area contributed by atoms with Crippen LogP contribution >= 0.6 is 0 Å². The fraction of sp³-hybridized carbons (Fsp3) is 0.600. The third kappa shape index (κ3) is 2.45. The second-order valence-corrected chi connectivity index (χ2v) is 1.53. The van der Waals surface area contributed by atoms with E-state index in [1.54, 1.807) is 6.92 Å². The average molecular weight is 147 g/mol. The number of nitrogens with zero attached hydrogens (tertiary/aromatic N) is 1. The maximum Gasteiger partial charge on any atom is 0.441 e. The molecule has 0 unspecified atom stereocenters. The molecule has 1 N–H and O–H groups in total. The van der Waals surface area contributed by atoms with Gasteiger partial charge in [-0.15, -0.1) is 5.06 Å². The molecule has 0 saturated heterocycles. The molecule has 0 saturated carbocycles. The number of imide groups is 1. The second-order valence-electron chi connectivity index (χ2n) is 1.53. The number of carbonyl (C=O) groups excluding carboxylic acids is 2. The molecule has 5 heteroatoms. The van der Waals surface area contributed by atoms with E-state index in [0.29, 0.717) is 0 Å². The molecule has 0 aliphatic carbocycles. The molecule has 0 heterocycles. The van der Waals surface area contributed by atoms with Crippen molar-refractivity contribution in [3.05, 3.63) is 0 Å². The van der Waals surface area contributed by atoms with Gasteiger partial charge in [0.1, 0.15) is 0 Å². The summed E-state index contributed by atoms with van der Waals surface area (Å²) in [6.45, 7) is 2.76. The summed E-state index contributed by atoms with van der Waals surface area (Å²) in [5, 5.41) is 8.46. The topological polar surface area (TPSA) is 66.8 Å². The highest BCUT2D eigenvalue weighted by Gasteiger charge is 2.15. The van der Waals surface area contributed by atoms with E-state index in [1.165, 1.54) is 0 Å². The molecule has 0 spiro atoms. The Morgan fingerprint density at radius 3 is 2.40 bits per heavy atom. The van der Waals surface area contributed by atoms with Crippen molar-refractivity contribution in [3.8, 4) is 0 Å². The Hall–Kier alpha value is -1.10. The fourth-order valence-electron chi connectivity index (χ4n) is 0.313. The van der Waals surface area contributed by atoms with E-state index < -0.39 is 12.0 Å². The van der Waals surface area contributed by atoms with Gasteiger partial charge in [-0.25, -0.2) is 4.79 Å². The minimum Gasteiger partial charge on any atom is -0.448 e. The van der Waals surface area contributed by atoms with Crippen LogP contribution < -0.4 is 0 Å². The summed E-state index contributed by atoms with van der Waals surface area (Å²) >= 11 is 0. The standard InChI is InChI=1S/C5H9NO4/c1-3-10-5(8)6(9)4(2)7/h9H,3H2,1-2H3. The Morgan fingerprint density at radius 1 is 1.60 bits per heavy atom. The molecule has 2 amide bonds. The fourth-order valence-corrected chi connectivity index (χ4v) is 0.313. The van der Waals surface area contributed by atoms with Gasteiger partial charge in [-0.05, 0) is 6.92 Å². The maximum atomic E-state index is 10.4. The van der Waals surface area contributed by atoms with E-state index in [9.17, 15) is 9.59 Å². The van der Waals surface area contributed by atoms with E-state index in [2.05, 4.69) is 4.74 Å². The van der Waals surface area contributed by atoms with Crippen LogP contribution in [0.25, 0.3) is 0 Å². The van der Waals surface area contributed by atoms with Gasteiger partial charge < -0.3 is 4.74 Å². The van der Waals surface area contributed by atoms with Gasteiger partial charge in [0.2, 0.25) is 0 Å². The number of hydroxylamine groups is 2. The van der Waals surface area contributed by atoms with Gasteiger partial charge in [-0.1, -0.05) is 0 Å². The zero-order valence-corrected chi connectivity index (χ0v) is 5.83. The number of hydrogen-bond acceptors (Lipinski definition) is 4. The van der Waals surface area contributed by atoms with Crippen molar-refractivity contribution in [2.24, 2.45) is 0 Å². The van der Waals surface area contributed by atoms with Crippen molar-refractivity contribution >= 4 is 12.0 Å². The average Bonchev–Trinajstić information content (AvgIpc) is 1.87. The van der Waals surface area contributed by atoms with Crippen LogP contribution in [-0.4, -0.2) is 28.9 Å². The molecule has 5 nitrogen and oxygen atoms in total. The van der Waals surface area contributed by atoms with Crippen LogP contribution in [0.15, 0.2) is 0 Å². The second kappa shape index (κ2) is 3.84. The van der Waals surface area contributed by atoms with Crippen molar-refractivity contribution in [1.82, 2.24) is 5.06 Å². The van der Waals surface area contributed by atoms with E-state index in [1.807, 2.05) is 0 Å². The Bertz CT molecular complexity index is 145. The molecule has 0 aliphatic heterocycles. The van der Waals surface area contributed by atoms with Gasteiger partial charge in [0.15, 0.2) is 0 Å². The van der Waals surface area contributed by atoms with Crippen LogP contribution in [0.4, 0.5) is 4.79 Å². The first-order valence-electron chi connectivity index (χ1n) is 2.76. The molecule has 10 heavy (non-hydrogen) atoms. The third-order valence-electron chi connectivity index (χ3n) is 0.739. The largest absolute Gasteiger partial charge is 0.448 e. The number of ether oxygens (including phenoxy) is 1. The molecular weight excluding hydrogens is 138 g/mol. The van der Waals surface area contributed by atoms with Gasteiger partial charge in [0, 0.05) is 6.92 Å². The minimum atomic E-state index is -1.05. The molecule has 58 valence electrons. The number of rotatable bonds is 1. The molecule has 0 radical (unpaired) electrons. The van der Waals surface area contributed by atoms with Crippen molar-refractivity contribution in [3.63, 3.8) is 0 Å². The normalized spacial score (nSPS) is 8.70. The van der Waals surface area contributed by atoms with E-state index >= 15 is 0 Å². The first-order valence-corrected chi connectivity index (χ1v) is 2.76. The highest BCUT2D eigenvalue weighted by atomic mass is 16.6. The molecule has 0 aliphatic rings. The Morgan fingerprint density at radius 2 is 2.10 bits per heavy atom. The lowest BCUT2D eigenvalue weighted by Crippen LogP contribution is -2.32. The molecule has 0 aromatic rings. The highest BCUT2D eigenvalue weighted by Crippen LogP contribution is 1.88. The highest BCUT2D eigenvalue weighted by molar-refractivity contribution is 5.88. The molecule has 0 rings (SSSR count). The Labute approximate surface area is 58.1 Å². The summed E-state index contributed by atoms with van der Waals surface area (Å²) in [4.78, 5) is 20.7. The SMILES string of the molecule is CCOC(=O)N(O)C(C)=O. The Kier molecular flexibility index (Phi) is 3.42. The van der Waals surface area contributed by atoms with E-state index in [0.717, 1.165) is 6.92 Å². The lowest BCUT2D eigenvalue weighted by Gasteiger charge is -2.08. The van der Waals surface area contributed by atoms with Crippen LogP contribution in [0.1, 0.15) is 13.8 Å². The lowest BCUT2D eigenvalue weighted by molar-refractivity contribution is -0.154. The summed E-state index contributed by atoms with van der Waals surface area (Å²) in [5.74, 6) is -0.765. The summed E-state index contributed by atoms with van der Waals surface area (Å²) in [6, 6.07) is 0. The third-order valence-corrected chi connectivity index (χ3v) is 0.739. The molecule has 0 aromatic heterocycles. The first kappa shape index (κ1) is 8.90. The summed E-state index contributed by atoms with van der Waals surface area (Å²) < 4.78 is 4.28. The van der Waals surface area contributed by atoms with Crippen LogP contribution in [-0.2, 0) is 9.53 Å². The monoisotopic (exact) mass is 147 g/mol. The summed E-state index contributed by atoms with van der Waals surface area (Å²) in [5.41, 5.74) is 0. The quantitative estimate of drug-likeness (QED) is 0.430. The van der Waals surface area contributed by atoms with Gasteiger partial charge in [0.05, 0.1) is 6.61 Å². The lowest BCUT2D eigenvalue weighted by atomic mass is 10.7. The summed E-state index contributed by atoms with van der Waals surface area (Å²) in [6.07, 6.45) is -1.05.